The lowest BCUT2D eigenvalue weighted by atomic mass is 10.2. The van der Waals surface area contributed by atoms with Crippen LogP contribution in [-0.4, -0.2) is 4.92 Å². The summed E-state index contributed by atoms with van der Waals surface area (Å²) in [5.74, 6) is -0.836. The molecule has 62 valence electrons. The Morgan fingerprint density at radius 1 is 1.58 bits per heavy atom. The molecule has 0 saturated carbocycles. The first-order valence-electron chi connectivity index (χ1n) is 3.21. The van der Waals surface area contributed by atoms with Crippen LogP contribution in [-0.2, 0) is 0 Å². The molecule has 0 radical (unpaired) electrons. The summed E-state index contributed by atoms with van der Waals surface area (Å²) in [5, 5.41) is 10.2. The lowest BCUT2D eigenvalue weighted by Crippen LogP contribution is -1.92. The first kappa shape index (κ1) is 8.39. The minimum atomic E-state index is -0.836. The van der Waals surface area contributed by atoms with E-state index in [-0.39, 0.29) is 0 Å². The third-order valence-electron chi connectivity index (χ3n) is 1.40. The quantitative estimate of drug-likeness (QED) is 0.501. The third-order valence-corrected chi connectivity index (χ3v) is 1.40. The molecule has 1 aromatic rings. The highest BCUT2D eigenvalue weighted by Crippen LogP contribution is 2.18. The Labute approximate surface area is 68.3 Å². The Balaban J connectivity index is 3.20. The van der Waals surface area contributed by atoms with Crippen molar-refractivity contribution >= 4 is 11.8 Å². The summed E-state index contributed by atoms with van der Waals surface area (Å²) >= 11 is 0. The Morgan fingerprint density at radius 3 is 2.67 bits per heavy atom. The maximum Gasteiger partial charge on any atom is 0.304 e. The van der Waals surface area contributed by atoms with Crippen LogP contribution in [0.5, 0.6) is 0 Å². The molecule has 0 bridgehead atoms. The molecule has 0 spiro atoms. The van der Waals surface area contributed by atoms with Gasteiger partial charge in [0.15, 0.2) is 0 Å². The van der Waals surface area contributed by atoms with Gasteiger partial charge in [-0.15, -0.1) is 0 Å². The lowest BCUT2D eigenvalue weighted by Gasteiger charge is -1.94. The Kier molecular flexibility index (Phi) is 2.19. The fourth-order valence-corrected chi connectivity index (χ4v) is 0.798. The number of rotatable bonds is 2. The SMILES string of the molecule is C=Cc1ccc([N+](=O)[O-])c(F)c1. The van der Waals surface area contributed by atoms with Gasteiger partial charge in [-0.05, 0) is 17.7 Å². The average Bonchev–Trinajstić information content (AvgIpc) is 2.03. The molecule has 0 saturated heterocycles. The molecule has 0 aliphatic heterocycles. The van der Waals surface area contributed by atoms with Crippen molar-refractivity contribution in [3.05, 3.63) is 46.3 Å². The van der Waals surface area contributed by atoms with Crippen molar-refractivity contribution in [3.63, 3.8) is 0 Å². The fourth-order valence-electron chi connectivity index (χ4n) is 0.798. The Bertz CT molecular complexity index is 336. The van der Waals surface area contributed by atoms with Gasteiger partial charge in [-0.25, -0.2) is 0 Å². The van der Waals surface area contributed by atoms with Crippen LogP contribution in [0.4, 0.5) is 10.1 Å². The van der Waals surface area contributed by atoms with Crippen molar-refractivity contribution in [3.8, 4) is 0 Å². The van der Waals surface area contributed by atoms with Gasteiger partial charge in [0.1, 0.15) is 0 Å². The Morgan fingerprint density at radius 2 is 2.25 bits per heavy atom. The molecule has 0 N–H and O–H groups in total. The minimum absolute atomic E-state index is 0.513. The van der Waals surface area contributed by atoms with Gasteiger partial charge in [-0.3, -0.25) is 10.1 Å². The second-order valence-corrected chi connectivity index (χ2v) is 2.17. The normalized spacial score (nSPS) is 9.42. The standard InChI is InChI=1S/C8H6FNO2/c1-2-6-3-4-8(10(11)12)7(9)5-6/h2-5H,1H2. The number of hydrogen-bond donors (Lipinski definition) is 0. The summed E-state index contributed by atoms with van der Waals surface area (Å²) in [4.78, 5) is 9.40. The van der Waals surface area contributed by atoms with Crippen molar-refractivity contribution in [1.82, 2.24) is 0 Å². The van der Waals surface area contributed by atoms with Gasteiger partial charge in [0.05, 0.1) is 4.92 Å². The molecular weight excluding hydrogens is 161 g/mol. The first-order valence-corrected chi connectivity index (χ1v) is 3.21. The van der Waals surface area contributed by atoms with E-state index in [1.165, 1.54) is 12.1 Å². The molecule has 1 rings (SSSR count). The van der Waals surface area contributed by atoms with Crippen LogP contribution in [0.15, 0.2) is 24.8 Å². The number of nitrogens with zero attached hydrogens (tertiary/aromatic N) is 1. The van der Waals surface area contributed by atoms with Gasteiger partial charge in [-0.2, -0.15) is 4.39 Å². The zero-order valence-electron chi connectivity index (χ0n) is 6.16. The molecule has 3 nitrogen and oxygen atoms in total. The summed E-state index contributed by atoms with van der Waals surface area (Å²) in [6.07, 6.45) is 1.42. The molecule has 0 fully saturated rings. The molecule has 12 heavy (non-hydrogen) atoms. The van der Waals surface area contributed by atoms with E-state index >= 15 is 0 Å². The maximum atomic E-state index is 12.8. The molecular formula is C8H6FNO2. The van der Waals surface area contributed by atoms with E-state index in [4.69, 9.17) is 0 Å². The predicted octanol–water partition coefficient (Wildman–Crippen LogP) is 2.38. The van der Waals surface area contributed by atoms with Gasteiger partial charge >= 0.3 is 5.69 Å². The molecule has 0 aliphatic carbocycles. The highest BCUT2D eigenvalue weighted by Gasteiger charge is 2.12. The van der Waals surface area contributed by atoms with Crippen LogP contribution < -0.4 is 0 Å². The van der Waals surface area contributed by atoms with Crippen molar-refractivity contribution < 1.29 is 9.31 Å². The summed E-state index contributed by atoms with van der Waals surface area (Å²) in [6, 6.07) is 3.63. The summed E-state index contributed by atoms with van der Waals surface area (Å²) in [7, 11) is 0. The van der Waals surface area contributed by atoms with Gasteiger partial charge in [-0.1, -0.05) is 12.7 Å². The van der Waals surface area contributed by atoms with E-state index in [9.17, 15) is 14.5 Å². The van der Waals surface area contributed by atoms with Crippen molar-refractivity contribution in [2.45, 2.75) is 0 Å². The second kappa shape index (κ2) is 3.13. The van der Waals surface area contributed by atoms with E-state index in [1.807, 2.05) is 0 Å². The number of benzene rings is 1. The van der Waals surface area contributed by atoms with E-state index in [2.05, 4.69) is 6.58 Å². The van der Waals surface area contributed by atoms with E-state index in [1.54, 1.807) is 0 Å². The monoisotopic (exact) mass is 167 g/mol. The van der Waals surface area contributed by atoms with Gasteiger partial charge < -0.3 is 0 Å². The molecule has 0 heterocycles. The van der Waals surface area contributed by atoms with Crippen molar-refractivity contribution in [2.24, 2.45) is 0 Å². The average molecular weight is 167 g/mol. The zero-order chi connectivity index (χ0) is 9.14. The van der Waals surface area contributed by atoms with Crippen LogP contribution in [0.2, 0.25) is 0 Å². The summed E-state index contributed by atoms with van der Waals surface area (Å²) in [5.41, 5.74) is 0.0127. The molecule has 0 aromatic heterocycles. The van der Waals surface area contributed by atoms with Crippen LogP contribution in [0.3, 0.4) is 0 Å². The third kappa shape index (κ3) is 1.47. The smallest absolute Gasteiger partial charge is 0.258 e. The van der Waals surface area contributed by atoms with Crippen LogP contribution >= 0.6 is 0 Å². The van der Waals surface area contributed by atoms with Gasteiger partial charge in [0, 0.05) is 6.07 Å². The van der Waals surface area contributed by atoms with Crippen molar-refractivity contribution in [1.29, 1.82) is 0 Å². The van der Waals surface area contributed by atoms with Crippen molar-refractivity contribution in [2.75, 3.05) is 0 Å². The highest BCUT2D eigenvalue weighted by molar-refractivity contribution is 5.50. The minimum Gasteiger partial charge on any atom is -0.258 e. The molecule has 0 amide bonds. The molecule has 0 unspecified atom stereocenters. The Hall–Kier alpha value is -1.71. The van der Waals surface area contributed by atoms with Crippen LogP contribution in [0.1, 0.15) is 5.56 Å². The topological polar surface area (TPSA) is 43.1 Å². The number of nitro groups is 1. The summed E-state index contributed by atoms with van der Waals surface area (Å²) in [6.45, 7) is 3.41. The number of halogens is 1. The van der Waals surface area contributed by atoms with Crippen LogP contribution in [0, 0.1) is 15.9 Å². The van der Waals surface area contributed by atoms with E-state index < -0.39 is 16.4 Å². The molecule has 0 aliphatic rings. The van der Waals surface area contributed by atoms with Crippen LogP contribution in [0.25, 0.3) is 6.08 Å². The number of nitro benzene ring substituents is 1. The van der Waals surface area contributed by atoms with Gasteiger partial charge in [0.2, 0.25) is 5.82 Å². The largest absolute Gasteiger partial charge is 0.304 e. The molecule has 0 atom stereocenters. The lowest BCUT2D eigenvalue weighted by molar-refractivity contribution is -0.387. The molecule has 1 aromatic carbocycles. The number of hydrogen-bond acceptors (Lipinski definition) is 2. The maximum absolute atomic E-state index is 12.8. The molecule has 4 heteroatoms. The second-order valence-electron chi connectivity index (χ2n) is 2.17. The zero-order valence-corrected chi connectivity index (χ0v) is 6.16. The van der Waals surface area contributed by atoms with E-state index in [0.717, 1.165) is 12.1 Å². The van der Waals surface area contributed by atoms with Gasteiger partial charge in [0.25, 0.3) is 0 Å². The summed E-state index contributed by atoms with van der Waals surface area (Å²) < 4.78 is 12.8. The fraction of sp³-hybridized carbons (Fsp3) is 0. The van der Waals surface area contributed by atoms with E-state index in [0.29, 0.717) is 5.56 Å². The first-order chi connectivity index (χ1) is 5.65. The predicted molar refractivity (Wildman–Crippen MR) is 43.1 cm³/mol. The highest BCUT2D eigenvalue weighted by atomic mass is 19.1.